The van der Waals surface area contributed by atoms with Crippen molar-refractivity contribution in [3.8, 4) is 5.75 Å². The molecule has 0 spiro atoms. The van der Waals surface area contributed by atoms with Crippen LogP contribution in [0.5, 0.6) is 5.75 Å². The molecule has 2 amide bonds. The number of aromatic amines is 2. The van der Waals surface area contributed by atoms with E-state index in [-0.39, 0.29) is 17.3 Å². The number of carbonyl (C=O) groups excluding carboxylic acids is 2. The molecule has 0 unspecified atom stereocenters. The first-order valence-electron chi connectivity index (χ1n) is 8.94. The van der Waals surface area contributed by atoms with Gasteiger partial charge in [-0.05, 0) is 31.2 Å². The molecule has 2 heterocycles. The van der Waals surface area contributed by atoms with E-state index in [9.17, 15) is 9.59 Å². The lowest BCUT2D eigenvalue weighted by Gasteiger charge is -2.22. The van der Waals surface area contributed by atoms with Crippen molar-refractivity contribution < 1.29 is 14.3 Å². The zero-order valence-electron chi connectivity index (χ0n) is 15.5. The molecule has 9 heteroatoms. The monoisotopic (exact) mass is 390 g/mol. The first-order chi connectivity index (χ1) is 14.1. The quantitative estimate of drug-likeness (QED) is 0.466. The maximum Gasteiger partial charge on any atom is 0.284 e. The number of fused-ring (bicyclic) bond motifs is 1. The summed E-state index contributed by atoms with van der Waals surface area (Å²) >= 11 is 0. The van der Waals surface area contributed by atoms with Gasteiger partial charge in [-0.1, -0.05) is 24.3 Å². The fraction of sp³-hybridized carbons (Fsp3) is 0.100. The number of anilines is 2. The standard InChI is InChI=1S/C20H18N6O3/c1-2-29-15-10-6-5-9-14(15)26(19(28)17-16(18(21)27)22-11-23-17)20-24-12-7-3-4-8-13(12)25-20/h3-11H,2H2,1H3,(H2,21,27)(H,22,23)(H,24,25). The van der Waals surface area contributed by atoms with Gasteiger partial charge in [-0.25, -0.2) is 14.9 Å². The number of ether oxygens (including phenoxy) is 1. The normalized spacial score (nSPS) is 10.8. The third-order valence-corrected chi connectivity index (χ3v) is 4.28. The van der Waals surface area contributed by atoms with Crippen molar-refractivity contribution in [3.63, 3.8) is 0 Å². The zero-order chi connectivity index (χ0) is 20.4. The summed E-state index contributed by atoms with van der Waals surface area (Å²) in [5.41, 5.74) is 7.10. The van der Waals surface area contributed by atoms with Gasteiger partial charge in [0.2, 0.25) is 5.95 Å². The van der Waals surface area contributed by atoms with Crippen LogP contribution in [0.3, 0.4) is 0 Å². The summed E-state index contributed by atoms with van der Waals surface area (Å²) in [6.45, 7) is 2.26. The molecule has 0 aliphatic heterocycles. The number of benzene rings is 2. The number of primary amides is 1. The predicted octanol–water partition coefficient (Wildman–Crippen LogP) is 2.76. The number of hydrogen-bond acceptors (Lipinski definition) is 5. The molecule has 0 saturated heterocycles. The number of para-hydroxylation sites is 4. The van der Waals surface area contributed by atoms with Crippen molar-refractivity contribution in [1.29, 1.82) is 0 Å². The molecule has 4 rings (SSSR count). The highest BCUT2D eigenvalue weighted by Crippen LogP contribution is 2.34. The molecule has 2 aromatic heterocycles. The Hall–Kier alpha value is -4.14. The smallest absolute Gasteiger partial charge is 0.284 e. The highest BCUT2D eigenvalue weighted by molar-refractivity contribution is 6.14. The van der Waals surface area contributed by atoms with E-state index < -0.39 is 11.8 Å². The molecule has 29 heavy (non-hydrogen) atoms. The van der Waals surface area contributed by atoms with Gasteiger partial charge in [-0.15, -0.1) is 0 Å². The number of aromatic nitrogens is 4. The summed E-state index contributed by atoms with van der Waals surface area (Å²) < 4.78 is 5.71. The fourth-order valence-corrected chi connectivity index (χ4v) is 3.04. The third kappa shape index (κ3) is 3.29. The summed E-state index contributed by atoms with van der Waals surface area (Å²) in [6.07, 6.45) is 1.25. The topological polar surface area (TPSA) is 130 Å². The van der Waals surface area contributed by atoms with Crippen molar-refractivity contribution in [2.75, 3.05) is 11.5 Å². The number of nitrogens with two attached hydrogens (primary N) is 1. The van der Waals surface area contributed by atoms with Crippen molar-refractivity contribution in [3.05, 3.63) is 66.2 Å². The van der Waals surface area contributed by atoms with Gasteiger partial charge < -0.3 is 20.4 Å². The predicted molar refractivity (Wildman–Crippen MR) is 107 cm³/mol. The number of H-pyrrole nitrogens is 2. The summed E-state index contributed by atoms with van der Waals surface area (Å²) in [4.78, 5) is 40.8. The van der Waals surface area contributed by atoms with Gasteiger partial charge in [-0.3, -0.25) is 9.59 Å². The van der Waals surface area contributed by atoms with Gasteiger partial charge in [0.05, 0.1) is 29.7 Å². The average Bonchev–Trinajstić information content (AvgIpc) is 3.36. The Balaban J connectivity index is 1.91. The van der Waals surface area contributed by atoms with Crippen LogP contribution in [0.4, 0.5) is 11.6 Å². The summed E-state index contributed by atoms with van der Waals surface area (Å²) in [7, 11) is 0. The number of carbonyl (C=O) groups is 2. The van der Waals surface area contributed by atoms with E-state index in [2.05, 4.69) is 19.9 Å². The van der Waals surface area contributed by atoms with E-state index in [0.29, 0.717) is 23.6 Å². The summed E-state index contributed by atoms with van der Waals surface area (Å²) in [5.74, 6) is -0.600. The molecule has 9 nitrogen and oxygen atoms in total. The van der Waals surface area contributed by atoms with Crippen LogP contribution in [0.15, 0.2) is 54.9 Å². The van der Waals surface area contributed by atoms with Crippen molar-refractivity contribution >= 4 is 34.5 Å². The van der Waals surface area contributed by atoms with Crippen LogP contribution in [-0.4, -0.2) is 38.4 Å². The molecular weight excluding hydrogens is 372 g/mol. The fourth-order valence-electron chi connectivity index (χ4n) is 3.04. The lowest BCUT2D eigenvalue weighted by Crippen LogP contribution is -2.30. The van der Waals surface area contributed by atoms with Crippen LogP contribution in [0, 0.1) is 0 Å². The van der Waals surface area contributed by atoms with Crippen LogP contribution in [0.25, 0.3) is 11.0 Å². The lowest BCUT2D eigenvalue weighted by atomic mass is 10.2. The Morgan fingerprint density at radius 1 is 1.14 bits per heavy atom. The van der Waals surface area contributed by atoms with Crippen LogP contribution in [0.1, 0.15) is 27.9 Å². The number of imidazole rings is 2. The van der Waals surface area contributed by atoms with E-state index in [1.807, 2.05) is 31.2 Å². The Kier molecular flexibility index (Phi) is 4.70. The highest BCUT2D eigenvalue weighted by Gasteiger charge is 2.30. The average molecular weight is 390 g/mol. The molecule has 2 aromatic carbocycles. The Morgan fingerprint density at radius 3 is 2.66 bits per heavy atom. The minimum Gasteiger partial charge on any atom is -0.492 e. The second-order valence-electron chi connectivity index (χ2n) is 6.11. The Bertz CT molecular complexity index is 1160. The van der Waals surface area contributed by atoms with Crippen molar-refractivity contribution in [2.45, 2.75) is 6.92 Å². The summed E-state index contributed by atoms with van der Waals surface area (Å²) in [6, 6.07) is 14.5. The molecule has 0 saturated carbocycles. The molecule has 146 valence electrons. The molecule has 0 radical (unpaired) electrons. The van der Waals surface area contributed by atoms with E-state index in [0.717, 1.165) is 5.52 Å². The van der Waals surface area contributed by atoms with Gasteiger partial charge in [0.15, 0.2) is 5.69 Å². The van der Waals surface area contributed by atoms with Crippen LogP contribution < -0.4 is 15.4 Å². The van der Waals surface area contributed by atoms with Crippen molar-refractivity contribution in [2.24, 2.45) is 5.73 Å². The highest BCUT2D eigenvalue weighted by atomic mass is 16.5. The molecule has 0 aliphatic carbocycles. The van der Waals surface area contributed by atoms with Gasteiger partial charge in [0.25, 0.3) is 11.8 Å². The number of rotatable bonds is 6. The van der Waals surface area contributed by atoms with Crippen LogP contribution in [-0.2, 0) is 0 Å². The first kappa shape index (κ1) is 18.2. The second kappa shape index (κ2) is 7.47. The Labute approximate surface area is 165 Å². The van der Waals surface area contributed by atoms with E-state index >= 15 is 0 Å². The zero-order valence-corrected chi connectivity index (χ0v) is 15.5. The van der Waals surface area contributed by atoms with E-state index in [1.165, 1.54) is 11.2 Å². The molecule has 4 N–H and O–H groups in total. The maximum absolute atomic E-state index is 13.5. The van der Waals surface area contributed by atoms with E-state index in [4.69, 9.17) is 10.5 Å². The minimum absolute atomic E-state index is 0.0377. The third-order valence-electron chi connectivity index (χ3n) is 4.28. The molecule has 4 aromatic rings. The maximum atomic E-state index is 13.5. The number of hydrogen-bond donors (Lipinski definition) is 3. The molecule has 0 bridgehead atoms. The number of nitrogens with zero attached hydrogens (tertiary/aromatic N) is 3. The van der Waals surface area contributed by atoms with Gasteiger partial charge in [-0.2, -0.15) is 0 Å². The molecular formula is C20H18N6O3. The van der Waals surface area contributed by atoms with Crippen LogP contribution >= 0.6 is 0 Å². The van der Waals surface area contributed by atoms with E-state index in [1.54, 1.807) is 24.3 Å². The Morgan fingerprint density at radius 2 is 1.90 bits per heavy atom. The second-order valence-corrected chi connectivity index (χ2v) is 6.11. The molecule has 0 atom stereocenters. The SMILES string of the molecule is CCOc1ccccc1N(C(=O)c1[nH]cnc1C(N)=O)c1nc2ccccc2[nH]1. The van der Waals surface area contributed by atoms with Crippen LogP contribution in [0.2, 0.25) is 0 Å². The molecule has 0 aliphatic rings. The first-order valence-corrected chi connectivity index (χ1v) is 8.94. The summed E-state index contributed by atoms with van der Waals surface area (Å²) in [5, 5.41) is 0. The largest absolute Gasteiger partial charge is 0.492 e. The lowest BCUT2D eigenvalue weighted by molar-refractivity contribution is 0.0961. The number of amides is 2. The number of nitrogens with one attached hydrogen (secondary N) is 2. The van der Waals surface area contributed by atoms with Gasteiger partial charge in [0.1, 0.15) is 11.4 Å². The molecule has 0 fully saturated rings. The van der Waals surface area contributed by atoms with Gasteiger partial charge >= 0.3 is 0 Å². The van der Waals surface area contributed by atoms with Crippen molar-refractivity contribution in [1.82, 2.24) is 19.9 Å². The minimum atomic E-state index is -0.808. The van der Waals surface area contributed by atoms with Gasteiger partial charge in [0, 0.05) is 0 Å².